The SMILES string of the molecule is CNCCc1nc2c(s1)COCC2. The average molecular weight is 198 g/mol. The molecule has 0 atom stereocenters. The van der Waals surface area contributed by atoms with Gasteiger partial charge in [-0.3, -0.25) is 0 Å². The van der Waals surface area contributed by atoms with E-state index in [9.17, 15) is 0 Å². The lowest BCUT2D eigenvalue weighted by atomic mass is 10.2. The third-order valence-corrected chi connectivity index (χ3v) is 3.26. The number of nitrogens with zero attached hydrogens (tertiary/aromatic N) is 1. The minimum absolute atomic E-state index is 0.770. The number of rotatable bonds is 3. The zero-order valence-corrected chi connectivity index (χ0v) is 8.62. The highest BCUT2D eigenvalue weighted by Crippen LogP contribution is 2.23. The van der Waals surface area contributed by atoms with Crippen LogP contribution in [0, 0.1) is 0 Å². The van der Waals surface area contributed by atoms with E-state index in [1.807, 2.05) is 7.05 Å². The number of ether oxygens (including phenoxy) is 1. The summed E-state index contributed by atoms with van der Waals surface area (Å²) in [5, 5.41) is 4.37. The highest BCUT2D eigenvalue weighted by molar-refractivity contribution is 7.11. The molecule has 0 fully saturated rings. The molecule has 0 spiro atoms. The summed E-state index contributed by atoms with van der Waals surface area (Å²) in [5.41, 5.74) is 1.27. The molecule has 13 heavy (non-hydrogen) atoms. The summed E-state index contributed by atoms with van der Waals surface area (Å²) in [6.07, 6.45) is 2.03. The smallest absolute Gasteiger partial charge is 0.0944 e. The van der Waals surface area contributed by atoms with Crippen LogP contribution in [-0.2, 0) is 24.2 Å². The van der Waals surface area contributed by atoms with Crippen LogP contribution in [0.1, 0.15) is 15.6 Å². The predicted molar refractivity (Wildman–Crippen MR) is 53.1 cm³/mol. The molecule has 0 amide bonds. The number of nitrogens with one attached hydrogen (secondary N) is 1. The van der Waals surface area contributed by atoms with Gasteiger partial charge in [0.25, 0.3) is 0 Å². The first-order chi connectivity index (χ1) is 6.40. The molecule has 0 radical (unpaired) electrons. The number of fused-ring (bicyclic) bond motifs is 1. The summed E-state index contributed by atoms with van der Waals surface area (Å²) < 4.78 is 5.37. The molecule has 72 valence electrons. The Morgan fingerprint density at radius 3 is 3.31 bits per heavy atom. The fourth-order valence-electron chi connectivity index (χ4n) is 1.42. The minimum Gasteiger partial charge on any atom is -0.375 e. The second kappa shape index (κ2) is 4.17. The van der Waals surface area contributed by atoms with Crippen LogP contribution >= 0.6 is 11.3 Å². The van der Waals surface area contributed by atoms with Gasteiger partial charge in [-0.1, -0.05) is 0 Å². The summed E-state index contributed by atoms with van der Waals surface area (Å²) in [7, 11) is 1.97. The van der Waals surface area contributed by atoms with E-state index in [0.717, 1.165) is 32.6 Å². The maximum Gasteiger partial charge on any atom is 0.0944 e. The van der Waals surface area contributed by atoms with Crippen molar-refractivity contribution in [3.63, 3.8) is 0 Å². The van der Waals surface area contributed by atoms with Crippen molar-refractivity contribution < 1.29 is 4.74 Å². The Hall–Kier alpha value is -0.450. The topological polar surface area (TPSA) is 34.2 Å². The lowest BCUT2D eigenvalue weighted by molar-refractivity contribution is 0.112. The number of thiazole rings is 1. The predicted octanol–water partition coefficient (Wildman–Crippen LogP) is 0.978. The maximum atomic E-state index is 5.37. The van der Waals surface area contributed by atoms with Gasteiger partial charge in [-0.05, 0) is 7.05 Å². The molecule has 1 aliphatic rings. The Kier molecular flexibility index (Phi) is 2.93. The Morgan fingerprint density at radius 2 is 2.54 bits per heavy atom. The van der Waals surface area contributed by atoms with Crippen LogP contribution in [0.4, 0.5) is 0 Å². The molecule has 0 aromatic carbocycles. The van der Waals surface area contributed by atoms with Crippen molar-refractivity contribution in [1.29, 1.82) is 0 Å². The van der Waals surface area contributed by atoms with Crippen molar-refractivity contribution in [3.05, 3.63) is 15.6 Å². The van der Waals surface area contributed by atoms with Crippen molar-refractivity contribution in [2.45, 2.75) is 19.4 Å². The van der Waals surface area contributed by atoms with Crippen LogP contribution in [0.2, 0.25) is 0 Å². The van der Waals surface area contributed by atoms with Gasteiger partial charge in [-0.25, -0.2) is 4.98 Å². The van der Waals surface area contributed by atoms with Crippen molar-refractivity contribution in [2.24, 2.45) is 0 Å². The van der Waals surface area contributed by atoms with Crippen LogP contribution in [0.5, 0.6) is 0 Å². The first-order valence-electron chi connectivity index (χ1n) is 4.60. The van der Waals surface area contributed by atoms with Gasteiger partial charge < -0.3 is 10.1 Å². The summed E-state index contributed by atoms with van der Waals surface area (Å²) >= 11 is 1.80. The Labute approximate surface area is 82.1 Å². The number of hydrogen-bond donors (Lipinski definition) is 1. The van der Waals surface area contributed by atoms with Crippen LogP contribution in [0.25, 0.3) is 0 Å². The van der Waals surface area contributed by atoms with E-state index in [2.05, 4.69) is 10.3 Å². The molecule has 2 heterocycles. The number of hydrogen-bond acceptors (Lipinski definition) is 4. The van der Waals surface area contributed by atoms with Gasteiger partial charge in [0.05, 0.1) is 28.8 Å². The summed E-state index contributed by atoms with van der Waals surface area (Å²) in [4.78, 5) is 5.92. The van der Waals surface area contributed by atoms with E-state index >= 15 is 0 Å². The maximum absolute atomic E-state index is 5.37. The van der Waals surface area contributed by atoms with Crippen molar-refractivity contribution in [2.75, 3.05) is 20.2 Å². The molecular weight excluding hydrogens is 184 g/mol. The van der Waals surface area contributed by atoms with Gasteiger partial charge in [0, 0.05) is 19.4 Å². The Bertz CT molecular complexity index is 262. The third kappa shape index (κ3) is 2.07. The molecule has 4 heteroatoms. The molecule has 3 nitrogen and oxygen atoms in total. The normalized spacial score (nSPS) is 15.8. The summed E-state index contributed by atoms with van der Waals surface area (Å²) in [6, 6.07) is 0. The third-order valence-electron chi connectivity index (χ3n) is 2.13. The number of likely N-dealkylation sites (N-methyl/N-ethyl adjacent to an activating group) is 1. The highest BCUT2D eigenvalue weighted by atomic mass is 32.1. The Morgan fingerprint density at radius 1 is 1.62 bits per heavy atom. The van der Waals surface area contributed by atoms with Gasteiger partial charge in [0.15, 0.2) is 0 Å². The minimum atomic E-state index is 0.770. The van der Waals surface area contributed by atoms with Gasteiger partial charge >= 0.3 is 0 Å². The Balaban J connectivity index is 2.07. The van der Waals surface area contributed by atoms with Crippen molar-refractivity contribution in [1.82, 2.24) is 10.3 Å². The number of aromatic nitrogens is 1. The molecule has 0 saturated carbocycles. The fraction of sp³-hybridized carbons (Fsp3) is 0.667. The molecule has 1 N–H and O–H groups in total. The zero-order valence-electron chi connectivity index (χ0n) is 7.80. The van der Waals surface area contributed by atoms with Gasteiger partial charge in [0.2, 0.25) is 0 Å². The first kappa shape index (κ1) is 9.12. The van der Waals surface area contributed by atoms with E-state index in [4.69, 9.17) is 4.74 Å². The fourth-order valence-corrected chi connectivity index (χ4v) is 2.47. The van der Waals surface area contributed by atoms with Gasteiger partial charge in [-0.15, -0.1) is 11.3 Å². The van der Waals surface area contributed by atoms with E-state index in [-0.39, 0.29) is 0 Å². The standard InChI is InChI=1S/C9H14N2OS/c1-10-4-2-9-11-7-3-5-12-6-8(7)13-9/h10H,2-6H2,1H3. The largest absolute Gasteiger partial charge is 0.375 e. The molecule has 0 saturated heterocycles. The molecule has 0 unspecified atom stereocenters. The van der Waals surface area contributed by atoms with Crippen LogP contribution in [-0.4, -0.2) is 25.2 Å². The second-order valence-electron chi connectivity index (χ2n) is 3.13. The lowest BCUT2D eigenvalue weighted by Crippen LogP contribution is -2.10. The first-order valence-corrected chi connectivity index (χ1v) is 5.41. The zero-order chi connectivity index (χ0) is 9.10. The quantitative estimate of drug-likeness (QED) is 0.786. The van der Waals surface area contributed by atoms with E-state index in [0.29, 0.717) is 0 Å². The molecule has 2 rings (SSSR count). The van der Waals surface area contributed by atoms with E-state index < -0.39 is 0 Å². The van der Waals surface area contributed by atoms with Crippen molar-refractivity contribution in [3.8, 4) is 0 Å². The molecule has 0 aliphatic carbocycles. The monoisotopic (exact) mass is 198 g/mol. The molecule has 1 aliphatic heterocycles. The molecular formula is C9H14N2OS. The van der Waals surface area contributed by atoms with E-state index in [1.165, 1.54) is 15.6 Å². The van der Waals surface area contributed by atoms with Crippen LogP contribution in [0.15, 0.2) is 0 Å². The second-order valence-corrected chi connectivity index (χ2v) is 4.30. The molecule has 1 aromatic rings. The van der Waals surface area contributed by atoms with Gasteiger partial charge in [0.1, 0.15) is 0 Å². The summed E-state index contributed by atoms with van der Waals surface area (Å²) in [5.74, 6) is 0. The van der Waals surface area contributed by atoms with Gasteiger partial charge in [-0.2, -0.15) is 0 Å². The molecule has 0 bridgehead atoms. The van der Waals surface area contributed by atoms with Crippen molar-refractivity contribution >= 4 is 11.3 Å². The summed E-state index contributed by atoms with van der Waals surface area (Å²) in [6.45, 7) is 2.61. The lowest BCUT2D eigenvalue weighted by Gasteiger charge is -2.08. The average Bonchev–Trinajstić information content (AvgIpc) is 2.57. The van der Waals surface area contributed by atoms with Crippen LogP contribution in [0.3, 0.4) is 0 Å². The van der Waals surface area contributed by atoms with Crippen LogP contribution < -0.4 is 5.32 Å². The molecule has 1 aromatic heterocycles. The highest BCUT2D eigenvalue weighted by Gasteiger charge is 2.14. The van der Waals surface area contributed by atoms with E-state index in [1.54, 1.807) is 11.3 Å².